The topological polar surface area (TPSA) is 38.3 Å². The van der Waals surface area contributed by atoms with E-state index in [9.17, 15) is 4.79 Å². The molecule has 2 heterocycles. The summed E-state index contributed by atoms with van der Waals surface area (Å²) in [7, 11) is 1.64. The highest BCUT2D eigenvalue weighted by Crippen LogP contribution is 2.46. The van der Waals surface area contributed by atoms with E-state index in [0.717, 1.165) is 27.0 Å². The highest BCUT2D eigenvalue weighted by molar-refractivity contribution is 7.98. The Hall–Kier alpha value is -1.95. The van der Waals surface area contributed by atoms with Gasteiger partial charge in [-0.1, -0.05) is 29.8 Å². The first-order chi connectivity index (χ1) is 12.6. The number of carbonyl (C=O) groups is 1. The van der Waals surface area contributed by atoms with Gasteiger partial charge in [-0.05, 0) is 41.5 Å². The fourth-order valence-electron chi connectivity index (χ4n) is 2.85. The van der Waals surface area contributed by atoms with Gasteiger partial charge in [0, 0.05) is 32.7 Å². The van der Waals surface area contributed by atoms with Crippen LogP contribution < -0.4 is 10.1 Å². The Morgan fingerprint density at radius 2 is 2.00 bits per heavy atom. The van der Waals surface area contributed by atoms with E-state index in [0.29, 0.717) is 6.54 Å². The van der Waals surface area contributed by atoms with Gasteiger partial charge in [0.25, 0.3) is 5.91 Å². The van der Waals surface area contributed by atoms with Gasteiger partial charge in [0.2, 0.25) is 0 Å². The van der Waals surface area contributed by atoms with Crippen molar-refractivity contribution in [3.63, 3.8) is 0 Å². The molecule has 2 aromatic carbocycles. The second kappa shape index (κ2) is 7.35. The molecular weight excluding hydrogens is 386 g/mol. The second-order valence-corrected chi connectivity index (χ2v) is 8.43. The van der Waals surface area contributed by atoms with Crippen LogP contribution in [0.5, 0.6) is 5.75 Å². The maximum Gasteiger partial charge on any atom is 0.261 e. The first kappa shape index (κ1) is 17.5. The normalized spacial score (nSPS) is 12.2. The zero-order chi connectivity index (χ0) is 18.1. The molecule has 4 rings (SSSR count). The van der Waals surface area contributed by atoms with Crippen molar-refractivity contribution >= 4 is 40.6 Å². The zero-order valence-electron chi connectivity index (χ0n) is 14.0. The van der Waals surface area contributed by atoms with Crippen LogP contribution in [0.4, 0.5) is 0 Å². The third kappa shape index (κ3) is 3.47. The molecular formula is C20H16ClNO2S2. The number of amides is 1. The predicted molar refractivity (Wildman–Crippen MR) is 108 cm³/mol. The van der Waals surface area contributed by atoms with E-state index in [1.54, 1.807) is 30.2 Å². The van der Waals surface area contributed by atoms with Gasteiger partial charge in [0.05, 0.1) is 12.0 Å². The van der Waals surface area contributed by atoms with Gasteiger partial charge in [-0.15, -0.1) is 23.1 Å². The minimum atomic E-state index is -0.0410. The first-order valence-corrected chi connectivity index (χ1v) is 10.3. The van der Waals surface area contributed by atoms with Gasteiger partial charge >= 0.3 is 0 Å². The summed E-state index contributed by atoms with van der Waals surface area (Å²) in [6, 6.07) is 15.6. The lowest BCUT2D eigenvalue weighted by molar-refractivity contribution is 0.0955. The van der Waals surface area contributed by atoms with Gasteiger partial charge in [0.1, 0.15) is 5.75 Å². The third-order valence-electron chi connectivity index (χ3n) is 4.22. The molecule has 0 saturated heterocycles. The monoisotopic (exact) mass is 401 g/mol. The number of thiophene rings is 1. The lowest BCUT2D eigenvalue weighted by atomic mass is 10.1. The Kier molecular flexibility index (Phi) is 4.94. The largest absolute Gasteiger partial charge is 0.497 e. The van der Waals surface area contributed by atoms with E-state index in [1.807, 2.05) is 48.5 Å². The molecule has 0 saturated carbocycles. The van der Waals surface area contributed by atoms with Crippen molar-refractivity contribution in [2.24, 2.45) is 0 Å². The van der Waals surface area contributed by atoms with E-state index >= 15 is 0 Å². The molecule has 1 aliphatic rings. The molecule has 0 aliphatic carbocycles. The Labute approximate surface area is 165 Å². The van der Waals surface area contributed by atoms with Crippen LogP contribution in [0.3, 0.4) is 0 Å². The van der Waals surface area contributed by atoms with Gasteiger partial charge in [0.15, 0.2) is 0 Å². The number of nitrogens with one attached hydrogen (secondary N) is 1. The second-order valence-electron chi connectivity index (χ2n) is 5.92. The SMILES string of the molecule is COc1ccc(CNC(=O)c2cc3c(s2)-c2ccc(Cl)cc2SC3)cc1. The molecule has 1 aromatic heterocycles. The zero-order valence-corrected chi connectivity index (χ0v) is 16.4. The number of fused-ring (bicyclic) bond motifs is 3. The maximum atomic E-state index is 12.6. The number of halogens is 1. The fourth-order valence-corrected chi connectivity index (χ4v) is 5.45. The average molecular weight is 402 g/mol. The molecule has 0 spiro atoms. The van der Waals surface area contributed by atoms with Gasteiger partial charge < -0.3 is 10.1 Å². The summed E-state index contributed by atoms with van der Waals surface area (Å²) in [5.74, 6) is 1.63. The highest BCUT2D eigenvalue weighted by atomic mass is 35.5. The number of hydrogen-bond donors (Lipinski definition) is 1. The number of thioether (sulfide) groups is 1. The van der Waals surface area contributed by atoms with E-state index in [1.165, 1.54) is 20.9 Å². The first-order valence-electron chi connectivity index (χ1n) is 8.10. The number of hydrogen-bond acceptors (Lipinski definition) is 4. The Morgan fingerprint density at radius 3 is 2.77 bits per heavy atom. The predicted octanol–water partition coefficient (Wildman–Crippen LogP) is 5.61. The van der Waals surface area contributed by atoms with E-state index in [-0.39, 0.29) is 5.91 Å². The minimum absolute atomic E-state index is 0.0410. The third-order valence-corrected chi connectivity index (χ3v) is 6.76. The Balaban J connectivity index is 1.50. The van der Waals surface area contributed by atoms with Crippen molar-refractivity contribution in [1.29, 1.82) is 0 Å². The number of methoxy groups -OCH3 is 1. The standard InChI is InChI=1S/C20H16ClNO2S2/c1-24-15-5-2-12(3-6-15)10-22-20(23)18-8-13-11-25-17-9-14(21)4-7-16(17)19(13)26-18/h2-9H,10-11H2,1H3,(H,22,23). The molecule has 1 N–H and O–H groups in total. The summed E-state index contributed by atoms with van der Waals surface area (Å²) in [5, 5.41) is 3.74. The molecule has 132 valence electrons. The number of carbonyl (C=O) groups excluding carboxylic acids is 1. The maximum absolute atomic E-state index is 12.6. The summed E-state index contributed by atoms with van der Waals surface area (Å²) >= 11 is 9.40. The van der Waals surface area contributed by atoms with E-state index in [4.69, 9.17) is 16.3 Å². The number of rotatable bonds is 4. The number of benzene rings is 2. The molecule has 0 bridgehead atoms. The number of ether oxygens (including phenoxy) is 1. The van der Waals surface area contributed by atoms with Crippen molar-refractivity contribution in [3.8, 4) is 16.2 Å². The van der Waals surface area contributed by atoms with Gasteiger partial charge in [-0.3, -0.25) is 4.79 Å². The summed E-state index contributed by atoms with van der Waals surface area (Å²) in [6.07, 6.45) is 0. The molecule has 0 radical (unpaired) electrons. The molecule has 3 aromatic rings. The van der Waals surface area contributed by atoms with Gasteiger partial charge in [-0.25, -0.2) is 0 Å². The van der Waals surface area contributed by atoms with E-state index < -0.39 is 0 Å². The summed E-state index contributed by atoms with van der Waals surface area (Å²) in [5.41, 5.74) is 3.42. The van der Waals surface area contributed by atoms with Crippen LogP contribution in [-0.2, 0) is 12.3 Å². The van der Waals surface area contributed by atoms with Crippen molar-refractivity contribution in [3.05, 3.63) is 69.6 Å². The Bertz CT molecular complexity index is 966. The molecule has 1 aliphatic heterocycles. The lowest BCUT2D eigenvalue weighted by Gasteiger charge is -2.15. The van der Waals surface area contributed by atoms with Crippen LogP contribution in [0.25, 0.3) is 10.4 Å². The molecule has 26 heavy (non-hydrogen) atoms. The Morgan fingerprint density at radius 1 is 1.19 bits per heavy atom. The summed E-state index contributed by atoms with van der Waals surface area (Å²) < 4.78 is 5.15. The van der Waals surface area contributed by atoms with Crippen LogP contribution in [-0.4, -0.2) is 13.0 Å². The van der Waals surface area contributed by atoms with Gasteiger partial charge in [-0.2, -0.15) is 0 Å². The van der Waals surface area contributed by atoms with Crippen molar-refractivity contribution in [1.82, 2.24) is 5.32 Å². The summed E-state index contributed by atoms with van der Waals surface area (Å²) in [6.45, 7) is 0.492. The van der Waals surface area contributed by atoms with Crippen LogP contribution in [0.1, 0.15) is 20.8 Å². The minimum Gasteiger partial charge on any atom is -0.497 e. The van der Waals surface area contributed by atoms with Crippen LogP contribution >= 0.6 is 34.7 Å². The molecule has 0 unspecified atom stereocenters. The van der Waals surface area contributed by atoms with Crippen LogP contribution in [0, 0.1) is 0 Å². The average Bonchev–Trinajstić information content (AvgIpc) is 3.11. The molecule has 0 fully saturated rings. The fraction of sp³-hybridized carbons (Fsp3) is 0.150. The van der Waals surface area contributed by atoms with Crippen LogP contribution in [0.2, 0.25) is 5.02 Å². The summed E-state index contributed by atoms with van der Waals surface area (Å²) in [4.78, 5) is 15.7. The highest BCUT2D eigenvalue weighted by Gasteiger charge is 2.22. The van der Waals surface area contributed by atoms with Crippen LogP contribution in [0.15, 0.2) is 53.4 Å². The quantitative estimate of drug-likeness (QED) is 0.617. The van der Waals surface area contributed by atoms with Crippen molar-refractivity contribution < 1.29 is 9.53 Å². The van der Waals surface area contributed by atoms with Crippen molar-refractivity contribution in [2.75, 3.05) is 7.11 Å². The molecule has 0 atom stereocenters. The lowest BCUT2D eigenvalue weighted by Crippen LogP contribution is -2.21. The van der Waals surface area contributed by atoms with E-state index in [2.05, 4.69) is 5.32 Å². The molecule has 1 amide bonds. The van der Waals surface area contributed by atoms with Crippen molar-refractivity contribution in [2.45, 2.75) is 17.2 Å². The molecule has 3 nitrogen and oxygen atoms in total. The smallest absolute Gasteiger partial charge is 0.261 e. The molecule has 6 heteroatoms.